The van der Waals surface area contributed by atoms with Crippen LogP contribution in [-0.2, 0) is 23.8 Å². The molecule has 0 saturated carbocycles. The molecule has 4 atom stereocenters. The highest BCUT2D eigenvalue weighted by Crippen LogP contribution is 2.57. The average Bonchev–Trinajstić information content (AvgIpc) is 3.03. The summed E-state index contributed by atoms with van der Waals surface area (Å²) in [5.74, 6) is -0.0587. The molecule has 2 saturated heterocycles. The number of ether oxygens (including phenoxy) is 3. The molecule has 0 spiro atoms. The normalized spacial score (nSPS) is 37.1. The van der Waals surface area contributed by atoms with Gasteiger partial charge in [-0.2, -0.15) is 0 Å². The predicted molar refractivity (Wildman–Crippen MR) is 78.3 cm³/mol. The molecule has 0 amide bonds. The van der Waals surface area contributed by atoms with Crippen molar-refractivity contribution in [2.45, 2.75) is 57.5 Å². The number of fused-ring (bicyclic) bond motifs is 2. The van der Waals surface area contributed by atoms with E-state index in [4.69, 9.17) is 18.6 Å². The molecule has 23 heavy (non-hydrogen) atoms. The van der Waals surface area contributed by atoms with E-state index in [0.717, 1.165) is 16.7 Å². The van der Waals surface area contributed by atoms with Crippen LogP contribution in [0.4, 0.5) is 0 Å². The molecule has 1 aliphatic carbocycles. The van der Waals surface area contributed by atoms with Gasteiger partial charge in [-0.05, 0) is 43.9 Å². The standard InChI is InChI=1S/C17H18O6/c1-8-6-12-13(9(2)7-20-12)14-15-17(23-15,16(19)22-14)5-4-11(8)21-10(3)18/h6-7,11,14-15H,4-5H2,1-3H3/b8-6+. The van der Waals surface area contributed by atoms with Crippen molar-refractivity contribution in [1.82, 2.24) is 0 Å². The Morgan fingerprint density at radius 3 is 2.87 bits per heavy atom. The fraction of sp³-hybridized carbons (Fsp3) is 0.529. The Morgan fingerprint density at radius 2 is 2.17 bits per heavy atom. The van der Waals surface area contributed by atoms with Gasteiger partial charge < -0.3 is 18.6 Å². The van der Waals surface area contributed by atoms with E-state index in [1.807, 2.05) is 19.9 Å². The van der Waals surface area contributed by atoms with Crippen molar-refractivity contribution < 1.29 is 28.2 Å². The first-order chi connectivity index (χ1) is 10.9. The summed E-state index contributed by atoms with van der Waals surface area (Å²) in [7, 11) is 0. The maximum Gasteiger partial charge on any atom is 0.342 e. The molecular formula is C17H18O6. The number of epoxide rings is 1. The van der Waals surface area contributed by atoms with Crippen LogP contribution in [0.15, 0.2) is 16.3 Å². The number of furan rings is 1. The Balaban J connectivity index is 1.81. The molecule has 1 aromatic rings. The number of carbonyl (C=O) groups excluding carboxylic acids is 2. The van der Waals surface area contributed by atoms with E-state index < -0.39 is 17.8 Å². The summed E-state index contributed by atoms with van der Waals surface area (Å²) in [6, 6.07) is 0. The lowest BCUT2D eigenvalue weighted by atomic mass is 9.90. The summed E-state index contributed by atoms with van der Waals surface area (Å²) < 4.78 is 22.3. The number of rotatable bonds is 1. The monoisotopic (exact) mass is 318 g/mol. The van der Waals surface area contributed by atoms with Crippen LogP contribution in [0.1, 0.15) is 49.7 Å². The highest BCUT2D eigenvalue weighted by Gasteiger charge is 2.73. The number of aryl methyl sites for hydroxylation is 1. The van der Waals surface area contributed by atoms with Crippen LogP contribution in [0, 0.1) is 6.92 Å². The van der Waals surface area contributed by atoms with Gasteiger partial charge in [0.25, 0.3) is 0 Å². The minimum Gasteiger partial charge on any atom is -0.464 e. The topological polar surface area (TPSA) is 78.3 Å². The number of carbonyl (C=O) groups is 2. The Hall–Kier alpha value is -2.08. The molecule has 3 heterocycles. The number of hydrogen-bond donors (Lipinski definition) is 0. The second kappa shape index (κ2) is 4.71. The van der Waals surface area contributed by atoms with Crippen molar-refractivity contribution in [3.05, 3.63) is 28.7 Å². The summed E-state index contributed by atoms with van der Waals surface area (Å²) in [5, 5.41) is 0. The van der Waals surface area contributed by atoms with Crippen LogP contribution in [0.2, 0.25) is 0 Å². The second-order valence-corrected chi connectivity index (χ2v) is 6.48. The molecule has 0 N–H and O–H groups in total. The molecule has 2 bridgehead atoms. The summed E-state index contributed by atoms with van der Waals surface area (Å²) >= 11 is 0. The zero-order valence-electron chi connectivity index (χ0n) is 13.3. The summed E-state index contributed by atoms with van der Waals surface area (Å²) in [4.78, 5) is 23.7. The van der Waals surface area contributed by atoms with E-state index in [-0.39, 0.29) is 18.0 Å². The van der Waals surface area contributed by atoms with Crippen molar-refractivity contribution >= 4 is 18.0 Å². The van der Waals surface area contributed by atoms with Gasteiger partial charge in [0.1, 0.15) is 18.0 Å². The Bertz CT molecular complexity index is 729. The van der Waals surface area contributed by atoms with Gasteiger partial charge in [-0.15, -0.1) is 0 Å². The van der Waals surface area contributed by atoms with Gasteiger partial charge in [-0.3, -0.25) is 4.79 Å². The highest BCUT2D eigenvalue weighted by molar-refractivity contribution is 5.87. The zero-order chi connectivity index (χ0) is 16.4. The largest absolute Gasteiger partial charge is 0.464 e. The van der Waals surface area contributed by atoms with Gasteiger partial charge in [0.15, 0.2) is 11.7 Å². The van der Waals surface area contributed by atoms with Gasteiger partial charge in [-0.1, -0.05) is 0 Å². The predicted octanol–water partition coefficient (Wildman–Crippen LogP) is 2.45. The molecule has 4 unspecified atom stereocenters. The molecule has 6 heteroatoms. The van der Waals surface area contributed by atoms with Crippen molar-refractivity contribution in [2.75, 3.05) is 0 Å². The Morgan fingerprint density at radius 1 is 1.39 bits per heavy atom. The van der Waals surface area contributed by atoms with Crippen LogP contribution in [-0.4, -0.2) is 29.7 Å². The second-order valence-electron chi connectivity index (χ2n) is 6.48. The van der Waals surface area contributed by atoms with E-state index in [2.05, 4.69) is 0 Å². The van der Waals surface area contributed by atoms with E-state index in [1.165, 1.54) is 6.92 Å². The summed E-state index contributed by atoms with van der Waals surface area (Å²) in [6.45, 7) is 5.19. The average molecular weight is 318 g/mol. The molecular weight excluding hydrogens is 300 g/mol. The minimum atomic E-state index is -0.887. The highest BCUT2D eigenvalue weighted by atomic mass is 16.7. The molecule has 4 rings (SSSR count). The van der Waals surface area contributed by atoms with Gasteiger partial charge in [0.2, 0.25) is 0 Å². The number of esters is 2. The van der Waals surface area contributed by atoms with E-state index in [0.29, 0.717) is 18.6 Å². The lowest BCUT2D eigenvalue weighted by Crippen LogP contribution is -2.26. The molecule has 2 fully saturated rings. The number of hydrogen-bond acceptors (Lipinski definition) is 6. The van der Waals surface area contributed by atoms with Gasteiger partial charge in [0, 0.05) is 12.5 Å². The van der Waals surface area contributed by atoms with E-state index in [9.17, 15) is 9.59 Å². The smallest absolute Gasteiger partial charge is 0.342 e. The Kier molecular flexibility index (Phi) is 2.97. The SMILES string of the molecule is CC(=O)OC1CCC23OC2C(OC3=O)c2c(C)coc2/C=C/1C. The van der Waals surface area contributed by atoms with Gasteiger partial charge in [0.05, 0.1) is 6.26 Å². The molecule has 0 radical (unpaired) electrons. The zero-order valence-corrected chi connectivity index (χ0v) is 13.3. The molecule has 6 nitrogen and oxygen atoms in total. The third-order valence-electron chi connectivity index (χ3n) is 4.88. The fourth-order valence-electron chi connectivity index (χ4n) is 3.63. The first kappa shape index (κ1) is 14.5. The van der Waals surface area contributed by atoms with Crippen molar-refractivity contribution in [3.8, 4) is 0 Å². The molecule has 3 aliphatic rings. The first-order valence-corrected chi connectivity index (χ1v) is 7.74. The third-order valence-corrected chi connectivity index (χ3v) is 4.88. The quantitative estimate of drug-likeness (QED) is 0.584. The van der Waals surface area contributed by atoms with Crippen LogP contribution < -0.4 is 0 Å². The summed E-state index contributed by atoms with van der Waals surface area (Å²) in [5.41, 5.74) is 1.74. The molecule has 0 aromatic carbocycles. The molecule has 2 aliphatic heterocycles. The van der Waals surface area contributed by atoms with Gasteiger partial charge >= 0.3 is 11.9 Å². The minimum absolute atomic E-state index is 0.283. The van der Waals surface area contributed by atoms with Crippen LogP contribution >= 0.6 is 0 Å². The maximum atomic E-state index is 12.3. The van der Waals surface area contributed by atoms with E-state index >= 15 is 0 Å². The van der Waals surface area contributed by atoms with Crippen molar-refractivity contribution in [3.63, 3.8) is 0 Å². The van der Waals surface area contributed by atoms with Crippen molar-refractivity contribution in [2.24, 2.45) is 0 Å². The van der Waals surface area contributed by atoms with Crippen molar-refractivity contribution in [1.29, 1.82) is 0 Å². The maximum absolute atomic E-state index is 12.3. The Labute approximate surface area is 133 Å². The third kappa shape index (κ3) is 2.05. The molecule has 1 aromatic heterocycles. The fourth-order valence-corrected chi connectivity index (χ4v) is 3.63. The molecule has 122 valence electrons. The summed E-state index contributed by atoms with van der Waals surface area (Å²) in [6.07, 6.45) is 3.37. The lowest BCUT2D eigenvalue weighted by Gasteiger charge is -2.19. The first-order valence-electron chi connectivity index (χ1n) is 7.74. The van der Waals surface area contributed by atoms with Gasteiger partial charge in [-0.25, -0.2) is 4.79 Å². The van der Waals surface area contributed by atoms with Crippen LogP contribution in [0.25, 0.3) is 6.08 Å². The van der Waals surface area contributed by atoms with Crippen LogP contribution in [0.5, 0.6) is 0 Å². The lowest BCUT2D eigenvalue weighted by molar-refractivity contribution is -0.154. The van der Waals surface area contributed by atoms with Crippen LogP contribution in [0.3, 0.4) is 0 Å². The van der Waals surface area contributed by atoms with E-state index in [1.54, 1.807) is 6.26 Å².